The van der Waals surface area contributed by atoms with Crippen molar-refractivity contribution in [2.45, 2.75) is 31.4 Å². The van der Waals surface area contributed by atoms with E-state index < -0.39 is 0 Å². The molecule has 0 amide bonds. The Morgan fingerprint density at radius 2 is 2.25 bits per heavy atom. The molecule has 0 heterocycles. The molecule has 1 N–H and O–H groups in total. The second-order valence-corrected chi connectivity index (χ2v) is 5.39. The molecule has 3 heteroatoms. The molecule has 0 saturated heterocycles. The number of nitrogens with one attached hydrogen (secondary N) is 1. The minimum Gasteiger partial charge on any atom is -0.377 e. The molecule has 1 aromatic carbocycles. The zero-order chi connectivity index (χ0) is 11.4. The Balaban J connectivity index is 1.79. The van der Waals surface area contributed by atoms with E-state index in [1.165, 1.54) is 24.8 Å². The van der Waals surface area contributed by atoms with Gasteiger partial charge in [0.05, 0.1) is 5.60 Å². The maximum absolute atomic E-state index is 5.56. The summed E-state index contributed by atoms with van der Waals surface area (Å²) >= 11 is 3.48. The molecule has 1 aliphatic carbocycles. The first-order valence-corrected chi connectivity index (χ1v) is 6.54. The van der Waals surface area contributed by atoms with Crippen LogP contribution in [0.2, 0.25) is 0 Å². The molecule has 0 aromatic heterocycles. The second kappa shape index (κ2) is 5.30. The predicted molar refractivity (Wildman–Crippen MR) is 69.4 cm³/mol. The zero-order valence-corrected chi connectivity index (χ0v) is 11.2. The van der Waals surface area contributed by atoms with Gasteiger partial charge in [-0.1, -0.05) is 28.1 Å². The first kappa shape index (κ1) is 12.1. The molecule has 88 valence electrons. The van der Waals surface area contributed by atoms with Crippen molar-refractivity contribution in [1.29, 1.82) is 0 Å². The van der Waals surface area contributed by atoms with E-state index >= 15 is 0 Å². The third kappa shape index (κ3) is 2.84. The van der Waals surface area contributed by atoms with Gasteiger partial charge >= 0.3 is 0 Å². The number of benzene rings is 1. The summed E-state index contributed by atoms with van der Waals surface area (Å²) in [6, 6.07) is 8.40. The summed E-state index contributed by atoms with van der Waals surface area (Å²) in [5.41, 5.74) is 1.42. The molecule has 2 nitrogen and oxygen atoms in total. The van der Waals surface area contributed by atoms with Gasteiger partial charge < -0.3 is 10.1 Å². The molecule has 2 rings (SSSR count). The minimum absolute atomic E-state index is 0.117. The molecule has 1 aromatic rings. The average molecular weight is 284 g/mol. The van der Waals surface area contributed by atoms with Gasteiger partial charge in [0, 0.05) is 24.7 Å². The van der Waals surface area contributed by atoms with E-state index in [4.69, 9.17) is 4.74 Å². The van der Waals surface area contributed by atoms with Crippen molar-refractivity contribution in [3.63, 3.8) is 0 Å². The lowest BCUT2D eigenvalue weighted by atomic mass is 9.80. The summed E-state index contributed by atoms with van der Waals surface area (Å²) in [5, 5.41) is 3.48. The van der Waals surface area contributed by atoms with E-state index in [-0.39, 0.29) is 5.60 Å². The maximum atomic E-state index is 5.56. The van der Waals surface area contributed by atoms with Crippen LogP contribution in [-0.2, 0) is 11.3 Å². The molecule has 1 fully saturated rings. The van der Waals surface area contributed by atoms with Gasteiger partial charge in [0.15, 0.2) is 0 Å². The van der Waals surface area contributed by atoms with E-state index in [0.717, 1.165) is 17.6 Å². The Morgan fingerprint density at radius 3 is 2.81 bits per heavy atom. The van der Waals surface area contributed by atoms with Gasteiger partial charge in [-0.25, -0.2) is 0 Å². The van der Waals surface area contributed by atoms with Gasteiger partial charge in [-0.3, -0.25) is 0 Å². The van der Waals surface area contributed by atoms with Crippen LogP contribution in [0.4, 0.5) is 0 Å². The number of halogens is 1. The normalized spacial score (nSPS) is 18.1. The summed E-state index contributed by atoms with van der Waals surface area (Å²) in [7, 11) is 1.82. The molecular weight excluding hydrogens is 266 g/mol. The second-order valence-electron chi connectivity index (χ2n) is 4.47. The predicted octanol–water partition coefficient (Wildman–Crippen LogP) is 3.11. The van der Waals surface area contributed by atoms with Crippen LogP contribution in [0.25, 0.3) is 0 Å². The molecule has 16 heavy (non-hydrogen) atoms. The van der Waals surface area contributed by atoms with Gasteiger partial charge in [-0.05, 0) is 37.0 Å². The number of methoxy groups -OCH3 is 1. The summed E-state index contributed by atoms with van der Waals surface area (Å²) in [6.45, 7) is 1.86. The van der Waals surface area contributed by atoms with E-state index in [2.05, 4.69) is 39.4 Å². The minimum atomic E-state index is 0.117. The van der Waals surface area contributed by atoms with Gasteiger partial charge in [0.25, 0.3) is 0 Å². The van der Waals surface area contributed by atoms with Crippen LogP contribution in [0.5, 0.6) is 0 Å². The summed E-state index contributed by atoms with van der Waals surface area (Å²) in [6.07, 6.45) is 3.68. The number of rotatable bonds is 5. The number of ether oxygens (including phenoxy) is 1. The lowest BCUT2D eigenvalue weighted by Gasteiger charge is -2.40. The Labute approximate surface area is 106 Å². The Morgan fingerprint density at radius 1 is 1.44 bits per heavy atom. The van der Waals surface area contributed by atoms with E-state index in [9.17, 15) is 0 Å². The highest BCUT2D eigenvalue weighted by Crippen LogP contribution is 2.34. The molecule has 0 radical (unpaired) electrons. The molecule has 0 aliphatic heterocycles. The first-order chi connectivity index (χ1) is 7.74. The zero-order valence-electron chi connectivity index (χ0n) is 9.63. The SMILES string of the molecule is COC1(CNCc2cccc(Br)c2)CCC1. The summed E-state index contributed by atoms with van der Waals surface area (Å²) in [5.74, 6) is 0. The largest absolute Gasteiger partial charge is 0.377 e. The van der Waals surface area contributed by atoms with Crippen LogP contribution in [-0.4, -0.2) is 19.3 Å². The molecule has 1 aliphatic rings. The third-order valence-corrected chi connectivity index (χ3v) is 3.86. The smallest absolute Gasteiger partial charge is 0.0802 e. The van der Waals surface area contributed by atoms with E-state index in [1.54, 1.807) is 0 Å². The Hall–Kier alpha value is -0.380. The monoisotopic (exact) mass is 283 g/mol. The van der Waals surface area contributed by atoms with Crippen molar-refractivity contribution >= 4 is 15.9 Å². The fraction of sp³-hybridized carbons (Fsp3) is 0.538. The topological polar surface area (TPSA) is 21.3 Å². The van der Waals surface area contributed by atoms with Crippen LogP contribution < -0.4 is 5.32 Å². The maximum Gasteiger partial charge on any atom is 0.0802 e. The number of hydrogen-bond acceptors (Lipinski definition) is 2. The van der Waals surface area contributed by atoms with Crippen molar-refractivity contribution in [2.75, 3.05) is 13.7 Å². The van der Waals surface area contributed by atoms with Crippen molar-refractivity contribution in [3.8, 4) is 0 Å². The average Bonchev–Trinajstić information content (AvgIpc) is 2.22. The summed E-state index contributed by atoms with van der Waals surface area (Å²) in [4.78, 5) is 0. The highest BCUT2D eigenvalue weighted by molar-refractivity contribution is 9.10. The van der Waals surface area contributed by atoms with Crippen molar-refractivity contribution in [1.82, 2.24) is 5.32 Å². The quantitative estimate of drug-likeness (QED) is 0.897. The molecule has 0 unspecified atom stereocenters. The molecular formula is C13H18BrNO. The van der Waals surface area contributed by atoms with E-state index in [0.29, 0.717) is 0 Å². The van der Waals surface area contributed by atoms with Crippen LogP contribution >= 0.6 is 15.9 Å². The van der Waals surface area contributed by atoms with Gasteiger partial charge in [0.2, 0.25) is 0 Å². The van der Waals surface area contributed by atoms with Crippen molar-refractivity contribution in [3.05, 3.63) is 34.3 Å². The van der Waals surface area contributed by atoms with E-state index in [1.807, 2.05) is 13.2 Å². The van der Waals surface area contributed by atoms with Crippen LogP contribution in [0.3, 0.4) is 0 Å². The molecule has 1 saturated carbocycles. The van der Waals surface area contributed by atoms with Gasteiger partial charge in [-0.15, -0.1) is 0 Å². The fourth-order valence-corrected chi connectivity index (χ4v) is 2.55. The first-order valence-electron chi connectivity index (χ1n) is 5.74. The van der Waals surface area contributed by atoms with Gasteiger partial charge in [0.1, 0.15) is 0 Å². The van der Waals surface area contributed by atoms with Crippen LogP contribution in [0.1, 0.15) is 24.8 Å². The number of hydrogen-bond donors (Lipinski definition) is 1. The van der Waals surface area contributed by atoms with Crippen LogP contribution in [0, 0.1) is 0 Å². The van der Waals surface area contributed by atoms with Crippen molar-refractivity contribution < 1.29 is 4.74 Å². The Bertz CT molecular complexity index is 344. The highest BCUT2D eigenvalue weighted by atomic mass is 79.9. The van der Waals surface area contributed by atoms with Crippen molar-refractivity contribution in [2.24, 2.45) is 0 Å². The fourth-order valence-electron chi connectivity index (χ4n) is 2.11. The Kier molecular flexibility index (Phi) is 4.00. The highest BCUT2D eigenvalue weighted by Gasteiger charge is 2.36. The molecule has 0 atom stereocenters. The third-order valence-electron chi connectivity index (χ3n) is 3.36. The lowest BCUT2D eigenvalue weighted by Crippen LogP contribution is -2.47. The molecule has 0 spiro atoms. The standard InChI is InChI=1S/C13H18BrNO/c1-16-13(6-3-7-13)10-15-9-11-4-2-5-12(14)8-11/h2,4-5,8,15H,3,6-7,9-10H2,1H3. The van der Waals surface area contributed by atoms with Crippen LogP contribution in [0.15, 0.2) is 28.7 Å². The summed E-state index contributed by atoms with van der Waals surface area (Å²) < 4.78 is 6.70. The lowest BCUT2D eigenvalue weighted by molar-refractivity contribution is -0.0695. The van der Waals surface area contributed by atoms with Gasteiger partial charge in [-0.2, -0.15) is 0 Å². The molecule has 0 bridgehead atoms.